The fourth-order valence-corrected chi connectivity index (χ4v) is 4.18. The lowest BCUT2D eigenvalue weighted by Crippen LogP contribution is -2.40. The third-order valence-corrected chi connectivity index (χ3v) is 5.74. The number of benzene rings is 1. The summed E-state index contributed by atoms with van der Waals surface area (Å²) >= 11 is 0. The fraction of sp³-hybridized carbons (Fsp3) is 0.417. The van der Waals surface area contributed by atoms with Crippen molar-refractivity contribution in [3.05, 3.63) is 52.3 Å². The van der Waals surface area contributed by atoms with Crippen LogP contribution in [0, 0.1) is 10.1 Å². The van der Waals surface area contributed by atoms with Crippen LogP contribution in [0.2, 0.25) is 0 Å². The minimum absolute atomic E-state index is 0.00998. The van der Waals surface area contributed by atoms with Crippen molar-refractivity contribution in [2.75, 3.05) is 18.5 Å². The Bertz CT molecular complexity index is 1380. The zero-order valence-corrected chi connectivity index (χ0v) is 21.3. The van der Waals surface area contributed by atoms with Crippen molar-refractivity contribution in [2.24, 2.45) is 0 Å². The number of aromatic nitrogens is 4. The lowest BCUT2D eigenvalue weighted by atomic mass is 10.1. The summed E-state index contributed by atoms with van der Waals surface area (Å²) in [6, 6.07) is 9.62. The molecular weight excluding hydrogens is 516 g/mol. The highest BCUT2D eigenvalue weighted by molar-refractivity contribution is 5.84. The number of fused-ring (bicyclic) bond motifs is 1. The number of hydrogen-bond donors (Lipinski definition) is 1. The zero-order chi connectivity index (χ0) is 28.1. The molecule has 15 heteroatoms. The molecular formula is C24H26N6O9. The van der Waals surface area contributed by atoms with E-state index in [-0.39, 0.29) is 23.6 Å². The Morgan fingerprint density at radius 2 is 1.74 bits per heavy atom. The number of esters is 3. The highest BCUT2D eigenvalue weighted by Crippen LogP contribution is 2.37. The highest BCUT2D eigenvalue weighted by Gasteiger charge is 2.51. The number of carbonyl (C=O) groups excluding carboxylic acids is 3. The molecule has 1 aliphatic rings. The molecule has 206 valence electrons. The van der Waals surface area contributed by atoms with E-state index in [1.165, 1.54) is 17.8 Å². The van der Waals surface area contributed by atoms with Crippen molar-refractivity contribution < 1.29 is 38.3 Å². The standard InChI is InChI=1S/C24H26N6O9/c1-13(31)36-11-17-19(37-14(2)32)20(38-15(3)33)23(39-17)29-12-26-18-21(27-24(30(34)35)28-22(18)29)25-10-9-16-7-5-4-6-8-16/h4-8,12,17,19-20,23H,9-11H2,1-3H3,(H,25,27,28). The Morgan fingerprint density at radius 3 is 2.38 bits per heavy atom. The summed E-state index contributed by atoms with van der Waals surface area (Å²) in [7, 11) is 0. The van der Waals surface area contributed by atoms with Gasteiger partial charge in [-0.3, -0.25) is 19.0 Å². The maximum absolute atomic E-state index is 12.0. The van der Waals surface area contributed by atoms with Gasteiger partial charge in [0.2, 0.25) is 11.5 Å². The Labute approximate surface area is 221 Å². The van der Waals surface area contributed by atoms with Gasteiger partial charge in [0.15, 0.2) is 24.0 Å². The summed E-state index contributed by atoms with van der Waals surface area (Å²) < 4.78 is 23.2. The van der Waals surface area contributed by atoms with Gasteiger partial charge >= 0.3 is 23.9 Å². The van der Waals surface area contributed by atoms with Crippen LogP contribution in [0.15, 0.2) is 36.7 Å². The predicted molar refractivity (Wildman–Crippen MR) is 132 cm³/mol. The Balaban J connectivity index is 1.71. The van der Waals surface area contributed by atoms with Crippen molar-refractivity contribution in [1.82, 2.24) is 19.5 Å². The van der Waals surface area contributed by atoms with E-state index in [0.717, 1.165) is 19.4 Å². The molecule has 1 fully saturated rings. The molecule has 3 heterocycles. The first kappa shape index (κ1) is 27.4. The summed E-state index contributed by atoms with van der Waals surface area (Å²) in [5.41, 5.74) is 1.26. The van der Waals surface area contributed by atoms with Crippen molar-refractivity contribution in [1.29, 1.82) is 0 Å². The third kappa shape index (κ3) is 6.43. The second kappa shape index (κ2) is 11.8. The van der Waals surface area contributed by atoms with Gasteiger partial charge in [0, 0.05) is 27.3 Å². The number of rotatable bonds is 10. The van der Waals surface area contributed by atoms with Crippen molar-refractivity contribution in [3.63, 3.8) is 0 Å². The molecule has 0 spiro atoms. The van der Waals surface area contributed by atoms with E-state index in [2.05, 4.69) is 20.3 Å². The SMILES string of the molecule is CC(=O)OCC1OC(n2cnc3c(NCCc4ccccc4)nc([N+](=O)[O-])nc32)C(OC(C)=O)C1OC(C)=O. The lowest BCUT2D eigenvalue weighted by Gasteiger charge is -2.23. The number of ether oxygens (including phenoxy) is 4. The summed E-state index contributed by atoms with van der Waals surface area (Å²) in [4.78, 5) is 58.5. The van der Waals surface area contributed by atoms with Crippen molar-refractivity contribution >= 4 is 40.8 Å². The van der Waals surface area contributed by atoms with E-state index in [0.29, 0.717) is 13.0 Å². The summed E-state index contributed by atoms with van der Waals surface area (Å²) in [6.07, 6.45) is -2.67. The van der Waals surface area contributed by atoms with Crippen LogP contribution in [-0.2, 0) is 39.8 Å². The van der Waals surface area contributed by atoms with Crippen LogP contribution in [0.3, 0.4) is 0 Å². The van der Waals surface area contributed by atoms with Crippen molar-refractivity contribution in [3.8, 4) is 0 Å². The van der Waals surface area contributed by atoms with Gasteiger partial charge < -0.3 is 34.4 Å². The second-order valence-electron chi connectivity index (χ2n) is 8.63. The Morgan fingerprint density at radius 1 is 1.05 bits per heavy atom. The van der Waals surface area contributed by atoms with Crippen LogP contribution in [0.1, 0.15) is 32.6 Å². The molecule has 0 bridgehead atoms. The molecule has 1 aromatic carbocycles. The van der Waals surface area contributed by atoms with Crippen LogP contribution in [0.25, 0.3) is 11.2 Å². The number of imidazole rings is 1. The monoisotopic (exact) mass is 542 g/mol. The first-order chi connectivity index (χ1) is 18.6. The average molecular weight is 543 g/mol. The van der Waals surface area contributed by atoms with Gasteiger partial charge in [0.25, 0.3) is 0 Å². The van der Waals surface area contributed by atoms with Gasteiger partial charge in [-0.2, -0.15) is 0 Å². The van der Waals surface area contributed by atoms with E-state index in [1.54, 1.807) is 0 Å². The van der Waals surface area contributed by atoms with Crippen LogP contribution < -0.4 is 5.32 Å². The van der Waals surface area contributed by atoms with Gasteiger partial charge in [-0.1, -0.05) is 30.3 Å². The van der Waals surface area contributed by atoms with Gasteiger partial charge in [0.05, 0.1) is 0 Å². The molecule has 4 rings (SSSR count). The number of carbonyl (C=O) groups is 3. The molecule has 2 aromatic heterocycles. The van der Waals surface area contributed by atoms with Crippen molar-refractivity contribution in [2.45, 2.75) is 51.7 Å². The van der Waals surface area contributed by atoms with Gasteiger partial charge in [-0.05, 0) is 26.9 Å². The largest absolute Gasteiger partial charge is 0.473 e. The number of hydrogen-bond acceptors (Lipinski definition) is 13. The predicted octanol–water partition coefficient (Wildman–Crippen LogP) is 1.71. The molecule has 15 nitrogen and oxygen atoms in total. The second-order valence-corrected chi connectivity index (χ2v) is 8.63. The smallest absolute Gasteiger partial charge is 0.463 e. The van der Waals surface area contributed by atoms with Crippen LogP contribution in [0.5, 0.6) is 0 Å². The molecule has 1 saturated heterocycles. The van der Waals surface area contributed by atoms with Crippen LogP contribution in [0.4, 0.5) is 11.8 Å². The number of anilines is 1. The first-order valence-electron chi connectivity index (χ1n) is 11.9. The lowest BCUT2D eigenvalue weighted by molar-refractivity contribution is -0.394. The topological polar surface area (TPSA) is 187 Å². The number of nitro groups is 1. The molecule has 39 heavy (non-hydrogen) atoms. The molecule has 0 aliphatic carbocycles. The van der Waals surface area contributed by atoms with Gasteiger partial charge in [-0.25, -0.2) is 4.98 Å². The normalized spacial score (nSPS) is 20.4. The Kier molecular flexibility index (Phi) is 8.29. The highest BCUT2D eigenvalue weighted by atomic mass is 16.7. The molecule has 0 saturated carbocycles. The first-order valence-corrected chi connectivity index (χ1v) is 11.9. The minimum Gasteiger partial charge on any atom is -0.463 e. The van der Waals surface area contributed by atoms with Gasteiger partial charge in [-0.15, -0.1) is 0 Å². The quantitative estimate of drug-likeness (QED) is 0.169. The fourth-order valence-electron chi connectivity index (χ4n) is 4.18. The summed E-state index contributed by atoms with van der Waals surface area (Å²) in [5, 5.41) is 14.7. The molecule has 3 aromatic rings. The van der Waals surface area contributed by atoms with E-state index in [4.69, 9.17) is 18.9 Å². The zero-order valence-electron chi connectivity index (χ0n) is 21.3. The Hall–Kier alpha value is -4.66. The number of nitrogens with one attached hydrogen (secondary N) is 1. The van der Waals surface area contributed by atoms with Gasteiger partial charge in [0.1, 0.15) is 19.0 Å². The molecule has 4 atom stereocenters. The van der Waals surface area contributed by atoms with Crippen LogP contribution >= 0.6 is 0 Å². The third-order valence-electron chi connectivity index (χ3n) is 5.74. The summed E-state index contributed by atoms with van der Waals surface area (Å²) in [5.74, 6) is -2.56. The maximum Gasteiger partial charge on any atom is 0.473 e. The maximum atomic E-state index is 12.0. The van der Waals surface area contributed by atoms with E-state index >= 15 is 0 Å². The van der Waals surface area contributed by atoms with Crippen LogP contribution in [-0.4, -0.2) is 73.8 Å². The number of nitrogens with zero attached hydrogens (tertiary/aromatic N) is 5. The van der Waals surface area contributed by atoms with E-state index in [1.807, 2.05) is 30.3 Å². The molecule has 1 aliphatic heterocycles. The van der Waals surface area contributed by atoms with E-state index in [9.17, 15) is 24.5 Å². The molecule has 0 amide bonds. The minimum atomic E-state index is -1.21. The average Bonchev–Trinajstić information content (AvgIpc) is 3.44. The summed E-state index contributed by atoms with van der Waals surface area (Å²) in [6.45, 7) is 3.61. The van der Waals surface area contributed by atoms with E-state index < -0.39 is 53.3 Å². The molecule has 1 N–H and O–H groups in total. The molecule has 4 unspecified atom stereocenters. The molecule has 0 radical (unpaired) electrons.